The van der Waals surface area contributed by atoms with Gasteiger partial charge in [0, 0.05) is 11.5 Å². The van der Waals surface area contributed by atoms with Gasteiger partial charge in [0.2, 0.25) is 16.6 Å². The molecule has 0 unspecified atom stereocenters. The molecule has 0 aliphatic heterocycles. The second-order valence-electron chi connectivity index (χ2n) is 8.40. The second kappa shape index (κ2) is 16.6. The van der Waals surface area contributed by atoms with Crippen LogP contribution in [0.1, 0.15) is 0 Å². The van der Waals surface area contributed by atoms with Crippen LogP contribution < -0.4 is 43.1 Å². The molecule has 0 N–H and O–H groups in total. The first-order valence-corrected chi connectivity index (χ1v) is 22.3. The maximum absolute atomic E-state index is 5.74. The second-order valence-corrected chi connectivity index (χ2v) is 26.6. The van der Waals surface area contributed by atoms with Crippen LogP contribution in [0.5, 0.6) is 23.0 Å². The van der Waals surface area contributed by atoms with Crippen LogP contribution in [0.3, 0.4) is 0 Å². The third kappa shape index (κ3) is 19.9. The zero-order valence-electron chi connectivity index (χ0n) is 19.9. The molecule has 0 amide bonds. The van der Waals surface area contributed by atoms with Gasteiger partial charge in [0.1, 0.15) is 0 Å². The molecule has 0 aliphatic carbocycles. The Kier molecular flexibility index (Phi) is 19.2. The molecule has 0 heterocycles. The summed E-state index contributed by atoms with van der Waals surface area (Å²) in [5.41, 5.74) is 0.210. The van der Waals surface area contributed by atoms with Gasteiger partial charge in [-0.25, -0.2) is 0 Å². The number of hydrogen-bond acceptors (Lipinski definition) is 4. The van der Waals surface area contributed by atoms with E-state index in [4.69, 9.17) is 18.3 Å². The van der Waals surface area contributed by atoms with Crippen molar-refractivity contribution in [2.24, 2.45) is 0 Å². The van der Waals surface area contributed by atoms with E-state index < -0.39 is 16.6 Å². The third-order valence-corrected chi connectivity index (χ3v) is 4.41. The van der Waals surface area contributed by atoms with Gasteiger partial charge in [0.15, 0.2) is 0 Å². The predicted molar refractivity (Wildman–Crippen MR) is 123 cm³/mol. The molecule has 0 atom stereocenters. The van der Waals surface area contributed by atoms with Crippen molar-refractivity contribution < 1.29 is 66.5 Å². The molecule has 10 heteroatoms. The number of ether oxygens (including phenoxy) is 2. The molecule has 0 fully saturated rings. The van der Waals surface area contributed by atoms with Gasteiger partial charge in [0.05, 0.1) is 14.2 Å². The Morgan fingerprint density at radius 1 is 0.733 bits per heavy atom. The number of hydrogen-bond donors (Lipinski definition) is 0. The average molecular weight is 587 g/mol. The van der Waals surface area contributed by atoms with Gasteiger partial charge in [-0.15, -0.1) is 24.3 Å². The van der Waals surface area contributed by atoms with Gasteiger partial charge in [-0.2, -0.15) is 12.1 Å². The molecular formula is C20H36Cl2O4Si3Zr-2. The number of halogens is 2. The Bertz CT molecular complexity index is 649. The Hall–Kier alpha value is 0.0138. The summed E-state index contributed by atoms with van der Waals surface area (Å²) in [5.74, 6) is 3.57. The van der Waals surface area contributed by atoms with Crippen LogP contribution in [0, 0.1) is 0 Å². The Balaban J connectivity index is -0.000000391. The van der Waals surface area contributed by atoms with E-state index in [0.717, 1.165) is 23.0 Å². The Morgan fingerprint density at radius 3 is 1.17 bits per heavy atom. The molecule has 2 aromatic carbocycles. The summed E-state index contributed by atoms with van der Waals surface area (Å²) in [6, 6.07) is 11.5. The van der Waals surface area contributed by atoms with E-state index in [9.17, 15) is 0 Å². The molecule has 2 rings (SSSR count). The van der Waals surface area contributed by atoms with Crippen molar-refractivity contribution in [3.8, 4) is 23.0 Å². The minimum Gasteiger partial charge on any atom is -1.00 e. The smallest absolute Gasteiger partial charge is 1.00 e. The predicted octanol–water partition coefficient (Wildman–Crippen LogP) is 0.0479. The van der Waals surface area contributed by atoms with E-state index in [1.165, 1.54) is 0 Å². The van der Waals surface area contributed by atoms with E-state index in [0.29, 0.717) is 0 Å². The summed E-state index contributed by atoms with van der Waals surface area (Å²) in [4.78, 5) is 0. The SMILES string of the molecule is CO[c-]1ccc(O[Si](C)(C)C)c1.CO[c-]1ccc(O[Si](C)(C)C)c1.C[Si](C)=[Zr+2].[Cl-].[Cl-]. The van der Waals surface area contributed by atoms with E-state index in [1.54, 1.807) is 37.6 Å². The van der Waals surface area contributed by atoms with Crippen LogP contribution in [0.15, 0.2) is 36.4 Å². The molecule has 0 bridgehead atoms. The van der Waals surface area contributed by atoms with Crippen LogP contribution in [-0.2, 0) is 23.3 Å². The van der Waals surface area contributed by atoms with Crippen molar-refractivity contribution in [1.82, 2.24) is 0 Å². The Labute approximate surface area is 213 Å². The standard InChI is InChI=1S/2C9H15O2Si.C2H6Si.2ClH.Zr/c2*1-10-8-5-6-9(7-8)11-12(2,3)4;1-3-2;;;/h2*5-7H,1-4H3;1-2H3;2*1H;/q2*-1;;;;+2/p-2. The quantitative estimate of drug-likeness (QED) is 0.354. The van der Waals surface area contributed by atoms with Gasteiger partial charge >= 0.3 is 41.9 Å². The zero-order valence-corrected chi connectivity index (χ0v) is 26.8. The van der Waals surface area contributed by atoms with Gasteiger partial charge in [-0.05, 0) is 39.3 Å². The van der Waals surface area contributed by atoms with Gasteiger partial charge in [-0.3, -0.25) is 0 Å². The summed E-state index contributed by atoms with van der Waals surface area (Å²) in [6.07, 6.45) is 0. The Morgan fingerprint density at radius 2 is 1.00 bits per heavy atom. The molecule has 30 heavy (non-hydrogen) atoms. The van der Waals surface area contributed by atoms with Gasteiger partial charge in [-0.1, -0.05) is 11.5 Å². The normalized spacial score (nSPS) is 10.0. The number of methoxy groups -OCH3 is 2. The van der Waals surface area contributed by atoms with E-state index >= 15 is 0 Å². The first-order valence-electron chi connectivity index (χ1n) is 9.27. The van der Waals surface area contributed by atoms with Crippen molar-refractivity contribution in [3.63, 3.8) is 0 Å². The molecule has 172 valence electrons. The fraction of sp³-hybridized carbons (Fsp3) is 0.500. The topological polar surface area (TPSA) is 36.9 Å². The van der Waals surface area contributed by atoms with Crippen LogP contribution in [-0.4, -0.2) is 36.3 Å². The minimum absolute atomic E-state index is 0. The summed E-state index contributed by atoms with van der Waals surface area (Å²) in [6.45, 7) is 17.6. The molecule has 2 aromatic rings. The van der Waals surface area contributed by atoms with Crippen molar-refractivity contribution in [2.45, 2.75) is 52.4 Å². The molecule has 0 aromatic heterocycles. The van der Waals surface area contributed by atoms with Gasteiger partial charge in [0.25, 0.3) is 0 Å². The maximum Gasteiger partial charge on any atom is -1.00 e. The largest absolute Gasteiger partial charge is 1.00 e. The molecule has 0 saturated heterocycles. The monoisotopic (exact) mass is 584 g/mol. The summed E-state index contributed by atoms with van der Waals surface area (Å²) in [7, 11) is 0.415. The van der Waals surface area contributed by atoms with Crippen molar-refractivity contribution >= 4 is 22.1 Å². The van der Waals surface area contributed by atoms with Crippen LogP contribution in [0.4, 0.5) is 0 Å². The fourth-order valence-corrected chi connectivity index (χ4v) is 3.56. The van der Waals surface area contributed by atoms with Crippen LogP contribution >= 0.6 is 0 Å². The first kappa shape index (κ1) is 34.6. The fourth-order valence-electron chi connectivity index (χ4n) is 1.89. The number of rotatable bonds is 6. The molecule has 0 aliphatic rings. The summed E-state index contributed by atoms with van der Waals surface area (Å²) in [5, 5.41) is 0. The van der Waals surface area contributed by atoms with Crippen molar-refractivity contribution in [2.75, 3.05) is 14.2 Å². The van der Waals surface area contributed by atoms with Crippen LogP contribution in [0.2, 0.25) is 52.4 Å². The van der Waals surface area contributed by atoms with E-state index in [2.05, 4.69) is 52.4 Å². The zero-order chi connectivity index (χ0) is 22.0. The van der Waals surface area contributed by atoms with Crippen molar-refractivity contribution in [1.29, 1.82) is 0 Å². The molecule has 0 saturated carbocycles. The van der Waals surface area contributed by atoms with Gasteiger partial charge < -0.3 is 43.1 Å². The average Bonchev–Trinajstić information content (AvgIpc) is 3.13. The van der Waals surface area contributed by atoms with Crippen molar-refractivity contribution in [3.05, 3.63) is 36.4 Å². The summed E-state index contributed by atoms with van der Waals surface area (Å²) < 4.78 is 21.6. The van der Waals surface area contributed by atoms with E-state index in [1.807, 2.05) is 36.4 Å². The minimum atomic E-state index is -1.45. The molecule has 0 spiro atoms. The molecular weight excluding hydrogens is 551 g/mol. The first-order chi connectivity index (χ1) is 12.8. The molecule has 4 nitrogen and oxygen atoms in total. The van der Waals surface area contributed by atoms with Crippen LogP contribution in [0.25, 0.3) is 0 Å². The third-order valence-electron chi connectivity index (χ3n) is 2.71. The maximum atomic E-state index is 5.74. The molecule has 0 radical (unpaired) electrons. The van der Waals surface area contributed by atoms with E-state index in [-0.39, 0.29) is 30.2 Å². The summed E-state index contributed by atoms with van der Waals surface area (Å²) >= 11 is 1.74.